The molecule has 0 aliphatic heterocycles. The van der Waals surface area contributed by atoms with Gasteiger partial charge < -0.3 is 37.0 Å². The van der Waals surface area contributed by atoms with Crippen LogP contribution in [0.3, 0.4) is 0 Å². The first-order valence-electron chi connectivity index (χ1n) is 7.37. The Balaban J connectivity index is 1.94. The van der Waals surface area contributed by atoms with Gasteiger partial charge >= 0.3 is 0 Å². The number of rotatable bonds is 5. The molecule has 0 radical (unpaired) electrons. The third-order valence-corrected chi connectivity index (χ3v) is 3.64. The average molecular weight is 355 g/mol. The first-order chi connectivity index (χ1) is 12.1. The van der Waals surface area contributed by atoms with E-state index < -0.39 is 5.24 Å². The van der Waals surface area contributed by atoms with Crippen molar-refractivity contribution in [3.8, 4) is 23.0 Å². The maximum absolute atomic E-state index is 10.9. The lowest BCUT2D eigenvalue weighted by Gasteiger charge is -2.13. The fraction of sp³-hybridized carbons (Fsp3) is 0.111. The molecule has 0 unspecified atom stereocenters. The van der Waals surface area contributed by atoms with Gasteiger partial charge in [-0.15, -0.1) is 0 Å². The smallest absolute Gasteiger partial charge is 0.162 e. The van der Waals surface area contributed by atoms with E-state index in [9.17, 15) is 4.79 Å². The second kappa shape index (κ2) is 7.23. The van der Waals surface area contributed by atoms with Crippen LogP contribution in [0.1, 0.15) is 0 Å². The number of hydrogen-bond donors (Lipinski definition) is 1. The molecule has 128 valence electrons. The molecule has 7 heteroatoms. The van der Waals surface area contributed by atoms with E-state index in [2.05, 4.69) is 22.9 Å². The maximum atomic E-state index is 10.9. The summed E-state index contributed by atoms with van der Waals surface area (Å²) in [5.74, 6) is 2.44. The largest absolute Gasteiger partial charge is 0.719 e. The summed E-state index contributed by atoms with van der Waals surface area (Å²) in [6, 6.07) is 12.3. The molecule has 3 aromatic rings. The molecule has 3 rings (SSSR count). The van der Waals surface area contributed by atoms with Crippen molar-refractivity contribution < 1.29 is 19.0 Å². The van der Waals surface area contributed by atoms with E-state index in [1.165, 1.54) is 0 Å². The quantitative estimate of drug-likeness (QED) is 0.694. The number of anilines is 1. The van der Waals surface area contributed by atoms with Crippen LogP contribution in [0.2, 0.25) is 0 Å². The normalized spacial score (nSPS) is 10.3. The Labute approximate surface area is 150 Å². The van der Waals surface area contributed by atoms with Crippen LogP contribution in [0.4, 0.5) is 10.5 Å². The molecule has 0 spiro atoms. The van der Waals surface area contributed by atoms with Crippen molar-refractivity contribution in [3.05, 3.63) is 48.7 Å². The Morgan fingerprint density at radius 3 is 2.32 bits per heavy atom. The Morgan fingerprint density at radius 2 is 1.68 bits per heavy atom. The summed E-state index contributed by atoms with van der Waals surface area (Å²) in [6.07, 6.45) is 1.66. The molecule has 0 aliphatic rings. The Morgan fingerprint density at radius 1 is 1.00 bits per heavy atom. The standard InChI is InChI=1S/C18H16N2O4S/c1-22-16-9-13-14(10-17(16)23-2)19-8-7-15(13)24-12-5-3-11(4-6-12)20-18(21)25/h3-10H,1-2H3,(H2,20,21,25)/p-1. The van der Waals surface area contributed by atoms with Gasteiger partial charge in [-0.1, -0.05) is 0 Å². The summed E-state index contributed by atoms with van der Waals surface area (Å²) in [7, 11) is 3.15. The molecule has 0 atom stereocenters. The molecule has 25 heavy (non-hydrogen) atoms. The zero-order valence-corrected chi connectivity index (χ0v) is 14.4. The van der Waals surface area contributed by atoms with Gasteiger partial charge in [-0.2, -0.15) is 0 Å². The fourth-order valence-electron chi connectivity index (χ4n) is 2.39. The molecule has 0 bridgehead atoms. The number of nitrogens with one attached hydrogen (secondary N) is 1. The van der Waals surface area contributed by atoms with E-state index in [1.54, 1.807) is 56.8 Å². The van der Waals surface area contributed by atoms with Crippen LogP contribution in [0, 0.1) is 0 Å². The minimum Gasteiger partial charge on any atom is -0.719 e. The number of ether oxygens (including phenoxy) is 3. The van der Waals surface area contributed by atoms with E-state index in [4.69, 9.17) is 14.2 Å². The van der Waals surface area contributed by atoms with Gasteiger partial charge in [0.1, 0.15) is 16.7 Å². The maximum Gasteiger partial charge on any atom is 0.162 e. The third-order valence-electron chi connectivity index (χ3n) is 3.54. The number of carbonyl (C=O) groups excluding carboxylic acids is 1. The van der Waals surface area contributed by atoms with Gasteiger partial charge in [-0.05, 0) is 36.4 Å². The molecular weight excluding hydrogens is 340 g/mol. The minimum atomic E-state index is -0.533. The number of benzene rings is 2. The van der Waals surface area contributed by atoms with Crippen molar-refractivity contribution in [2.24, 2.45) is 0 Å². The summed E-state index contributed by atoms with van der Waals surface area (Å²) >= 11 is 4.49. The van der Waals surface area contributed by atoms with Crippen LogP contribution < -0.4 is 19.5 Å². The Kier molecular flexibility index (Phi) is 4.85. The van der Waals surface area contributed by atoms with Crippen LogP contribution in [0.15, 0.2) is 48.7 Å². The topological polar surface area (TPSA) is 69.7 Å². The molecule has 6 nitrogen and oxygen atoms in total. The zero-order valence-electron chi connectivity index (χ0n) is 13.6. The van der Waals surface area contributed by atoms with E-state index in [-0.39, 0.29) is 0 Å². The minimum absolute atomic E-state index is 0.533. The number of amides is 1. The van der Waals surface area contributed by atoms with Gasteiger partial charge in [0.2, 0.25) is 0 Å². The van der Waals surface area contributed by atoms with Crippen molar-refractivity contribution in [1.82, 2.24) is 4.98 Å². The van der Waals surface area contributed by atoms with Crippen LogP contribution >= 0.6 is 0 Å². The highest BCUT2D eigenvalue weighted by Gasteiger charge is 2.11. The summed E-state index contributed by atoms with van der Waals surface area (Å²) in [6.45, 7) is 0. The highest BCUT2D eigenvalue weighted by Crippen LogP contribution is 2.36. The SMILES string of the molecule is COc1cc2nccc(Oc3ccc(NC(=O)[S-])cc3)c2cc1OC. The van der Waals surface area contributed by atoms with Gasteiger partial charge in [0.25, 0.3) is 0 Å². The molecule has 1 heterocycles. The molecule has 0 saturated heterocycles. The Bertz CT molecular complexity index is 913. The van der Waals surface area contributed by atoms with Crippen molar-refractivity contribution in [2.45, 2.75) is 0 Å². The molecule has 2 aromatic carbocycles. The van der Waals surface area contributed by atoms with E-state index in [0.29, 0.717) is 28.7 Å². The number of hydrogen-bond acceptors (Lipinski definition) is 6. The van der Waals surface area contributed by atoms with Gasteiger partial charge in [-0.25, -0.2) is 0 Å². The lowest BCUT2D eigenvalue weighted by atomic mass is 10.2. The second-order valence-corrected chi connectivity index (χ2v) is 5.44. The van der Waals surface area contributed by atoms with Crippen LogP contribution in [0.25, 0.3) is 10.9 Å². The number of methoxy groups -OCH3 is 2. The summed E-state index contributed by atoms with van der Waals surface area (Å²) in [4.78, 5) is 15.2. The van der Waals surface area contributed by atoms with Crippen molar-refractivity contribution in [3.63, 3.8) is 0 Å². The summed E-state index contributed by atoms with van der Waals surface area (Å²) in [5, 5.41) is 2.80. The highest BCUT2D eigenvalue weighted by molar-refractivity contribution is 7.77. The first kappa shape index (κ1) is 16.8. The number of carbonyl (C=O) groups is 1. The molecule has 1 aromatic heterocycles. The van der Waals surface area contributed by atoms with Crippen molar-refractivity contribution in [1.29, 1.82) is 0 Å². The average Bonchev–Trinajstić information content (AvgIpc) is 2.62. The van der Waals surface area contributed by atoms with Gasteiger partial charge in [-0.3, -0.25) is 4.98 Å². The zero-order chi connectivity index (χ0) is 17.8. The molecule has 0 fully saturated rings. The number of pyridine rings is 1. The molecule has 0 saturated carbocycles. The molecule has 1 amide bonds. The lowest BCUT2D eigenvalue weighted by Crippen LogP contribution is -2.04. The van der Waals surface area contributed by atoms with Crippen LogP contribution in [-0.2, 0) is 12.6 Å². The molecule has 0 aliphatic carbocycles. The van der Waals surface area contributed by atoms with E-state index in [0.717, 1.165) is 10.9 Å². The molecule has 1 N–H and O–H groups in total. The first-order valence-corrected chi connectivity index (χ1v) is 7.78. The Hall–Kier alpha value is -3.06. The van der Waals surface area contributed by atoms with Gasteiger partial charge in [0.15, 0.2) is 11.5 Å². The van der Waals surface area contributed by atoms with Gasteiger partial charge in [0, 0.05) is 23.3 Å². The lowest BCUT2D eigenvalue weighted by molar-refractivity contribution is 0.270. The fourth-order valence-corrected chi connectivity index (χ4v) is 2.51. The van der Waals surface area contributed by atoms with Crippen LogP contribution in [-0.4, -0.2) is 24.4 Å². The van der Waals surface area contributed by atoms with Crippen LogP contribution in [0.5, 0.6) is 23.0 Å². The number of fused-ring (bicyclic) bond motifs is 1. The third kappa shape index (κ3) is 3.72. The van der Waals surface area contributed by atoms with Crippen molar-refractivity contribution in [2.75, 3.05) is 19.5 Å². The van der Waals surface area contributed by atoms with Crippen molar-refractivity contribution >= 4 is 34.5 Å². The summed E-state index contributed by atoms with van der Waals surface area (Å²) in [5.41, 5.74) is 1.34. The highest BCUT2D eigenvalue weighted by atomic mass is 32.1. The van der Waals surface area contributed by atoms with E-state index in [1.807, 2.05) is 6.07 Å². The predicted octanol–water partition coefficient (Wildman–Crippen LogP) is 4.12. The second-order valence-electron chi connectivity index (χ2n) is 5.07. The monoisotopic (exact) mass is 355 g/mol. The van der Waals surface area contributed by atoms with E-state index >= 15 is 0 Å². The van der Waals surface area contributed by atoms with Gasteiger partial charge in [0.05, 0.1) is 19.7 Å². The predicted molar refractivity (Wildman–Crippen MR) is 97.7 cm³/mol. The summed E-state index contributed by atoms with van der Waals surface area (Å²) < 4.78 is 16.6. The number of nitrogens with zero attached hydrogens (tertiary/aromatic N) is 1. The molecular formula is C18H15N2O4S-. The number of aromatic nitrogens is 1.